The Balaban J connectivity index is 3.88. The molecule has 0 saturated carbocycles. The number of rotatable bonds is 6. The zero-order chi connectivity index (χ0) is 12.0. The van der Waals surface area contributed by atoms with E-state index in [0.29, 0.717) is 0 Å². The summed E-state index contributed by atoms with van der Waals surface area (Å²) in [6, 6.07) is 0. The predicted octanol–water partition coefficient (Wildman–Crippen LogP) is 1.56. The second kappa shape index (κ2) is 6.21. The summed E-state index contributed by atoms with van der Waals surface area (Å²) in [6.45, 7) is 7.08. The van der Waals surface area contributed by atoms with Gasteiger partial charge in [0.1, 0.15) is 12.2 Å². The molecular formula is C9H17NO5. The summed E-state index contributed by atoms with van der Waals surface area (Å²) >= 11 is 0. The van der Waals surface area contributed by atoms with Crippen LogP contribution in [-0.4, -0.2) is 23.3 Å². The van der Waals surface area contributed by atoms with Crippen molar-refractivity contribution in [2.24, 2.45) is 5.92 Å². The zero-order valence-electron chi connectivity index (χ0n) is 9.43. The van der Waals surface area contributed by atoms with Gasteiger partial charge in [-0.3, -0.25) is 4.79 Å². The molecule has 0 rings (SSSR count). The summed E-state index contributed by atoms with van der Waals surface area (Å²) in [5.74, 6) is -0.258. The molecule has 0 bridgehead atoms. The van der Waals surface area contributed by atoms with Crippen molar-refractivity contribution in [1.29, 1.82) is 0 Å². The van der Waals surface area contributed by atoms with Gasteiger partial charge in [0.25, 0.3) is 5.09 Å². The van der Waals surface area contributed by atoms with Gasteiger partial charge in [0.2, 0.25) is 0 Å². The standard InChI is InChI=1S/C9H17NO5/c1-6(2)8(4)14-9(11)5-7(3)15-10(12)13/h6-8H,5H2,1-4H3/t7-,8?/m1/s1. The fourth-order valence-corrected chi connectivity index (χ4v) is 0.810. The van der Waals surface area contributed by atoms with Gasteiger partial charge in [-0.25, -0.2) is 0 Å². The van der Waals surface area contributed by atoms with Gasteiger partial charge < -0.3 is 9.57 Å². The first-order chi connectivity index (χ1) is 6.82. The minimum atomic E-state index is -0.913. The zero-order valence-corrected chi connectivity index (χ0v) is 9.43. The van der Waals surface area contributed by atoms with Gasteiger partial charge in [0.05, 0.1) is 6.42 Å². The van der Waals surface area contributed by atoms with Crippen LogP contribution in [0.5, 0.6) is 0 Å². The SMILES string of the molecule is CC(C)C(C)OC(=O)C[C@@H](C)O[N+](=O)[O-]. The fraction of sp³-hybridized carbons (Fsp3) is 0.889. The molecule has 0 fully saturated rings. The van der Waals surface area contributed by atoms with Crippen molar-refractivity contribution < 1.29 is 19.5 Å². The van der Waals surface area contributed by atoms with Crippen molar-refractivity contribution in [2.45, 2.75) is 46.3 Å². The van der Waals surface area contributed by atoms with Crippen LogP contribution in [0.25, 0.3) is 0 Å². The van der Waals surface area contributed by atoms with Crippen LogP contribution in [0, 0.1) is 16.0 Å². The maximum atomic E-state index is 11.2. The third-order valence-electron chi connectivity index (χ3n) is 1.98. The lowest BCUT2D eigenvalue weighted by Gasteiger charge is -2.17. The highest BCUT2D eigenvalue weighted by Crippen LogP contribution is 2.08. The number of nitrogens with zero attached hydrogens (tertiary/aromatic N) is 1. The first-order valence-electron chi connectivity index (χ1n) is 4.83. The molecule has 0 saturated heterocycles. The molecule has 0 heterocycles. The molecule has 6 nitrogen and oxygen atoms in total. The number of esters is 1. The molecule has 0 amide bonds. The summed E-state index contributed by atoms with van der Waals surface area (Å²) in [7, 11) is 0. The average molecular weight is 219 g/mol. The van der Waals surface area contributed by atoms with Crippen molar-refractivity contribution in [3.8, 4) is 0 Å². The highest BCUT2D eigenvalue weighted by molar-refractivity contribution is 5.70. The van der Waals surface area contributed by atoms with E-state index < -0.39 is 17.2 Å². The molecule has 0 aromatic rings. The van der Waals surface area contributed by atoms with E-state index in [-0.39, 0.29) is 18.4 Å². The molecule has 0 aliphatic carbocycles. The molecule has 0 aliphatic rings. The second-order valence-electron chi connectivity index (χ2n) is 3.78. The molecule has 6 heteroatoms. The molecule has 1 unspecified atom stereocenters. The molecule has 0 aromatic heterocycles. The van der Waals surface area contributed by atoms with Gasteiger partial charge in [0, 0.05) is 0 Å². The molecule has 2 atom stereocenters. The Morgan fingerprint density at radius 2 is 1.87 bits per heavy atom. The summed E-state index contributed by atoms with van der Waals surface area (Å²) in [5.41, 5.74) is 0. The molecule has 0 radical (unpaired) electrons. The van der Waals surface area contributed by atoms with E-state index >= 15 is 0 Å². The van der Waals surface area contributed by atoms with E-state index in [9.17, 15) is 14.9 Å². The Bertz CT molecular complexity index is 229. The normalized spacial score (nSPS) is 14.5. The highest BCUT2D eigenvalue weighted by atomic mass is 17.0. The predicted molar refractivity (Wildman–Crippen MR) is 52.6 cm³/mol. The van der Waals surface area contributed by atoms with E-state index in [1.54, 1.807) is 6.92 Å². The van der Waals surface area contributed by atoms with Crippen molar-refractivity contribution in [3.63, 3.8) is 0 Å². The van der Waals surface area contributed by atoms with E-state index in [2.05, 4.69) is 4.84 Å². The molecular weight excluding hydrogens is 202 g/mol. The maximum absolute atomic E-state index is 11.2. The van der Waals surface area contributed by atoms with E-state index in [0.717, 1.165) is 0 Å². The van der Waals surface area contributed by atoms with Crippen molar-refractivity contribution >= 4 is 5.97 Å². The minimum absolute atomic E-state index is 0.113. The van der Waals surface area contributed by atoms with Gasteiger partial charge in [-0.05, 0) is 19.8 Å². The average Bonchev–Trinajstić information content (AvgIpc) is 2.00. The fourth-order valence-electron chi connectivity index (χ4n) is 0.810. The van der Waals surface area contributed by atoms with Gasteiger partial charge in [-0.15, -0.1) is 10.1 Å². The Labute approximate surface area is 88.7 Å². The number of hydrogen-bond donors (Lipinski definition) is 0. The van der Waals surface area contributed by atoms with Crippen LogP contribution in [0.15, 0.2) is 0 Å². The third-order valence-corrected chi connectivity index (χ3v) is 1.98. The van der Waals surface area contributed by atoms with Crippen LogP contribution in [0.4, 0.5) is 0 Å². The Kier molecular flexibility index (Phi) is 5.66. The van der Waals surface area contributed by atoms with Crippen LogP contribution in [0.3, 0.4) is 0 Å². The molecule has 0 aromatic carbocycles. The largest absolute Gasteiger partial charge is 0.462 e. The van der Waals surface area contributed by atoms with E-state index in [1.165, 1.54) is 6.92 Å². The number of carbonyl (C=O) groups is 1. The summed E-state index contributed by atoms with van der Waals surface area (Å²) < 4.78 is 5.02. The highest BCUT2D eigenvalue weighted by Gasteiger charge is 2.17. The lowest BCUT2D eigenvalue weighted by Crippen LogP contribution is -2.24. The second-order valence-corrected chi connectivity index (χ2v) is 3.78. The van der Waals surface area contributed by atoms with Crippen LogP contribution in [-0.2, 0) is 14.4 Å². The van der Waals surface area contributed by atoms with Crippen molar-refractivity contribution in [2.75, 3.05) is 0 Å². The molecule has 0 aliphatic heterocycles. The van der Waals surface area contributed by atoms with Crippen LogP contribution in [0.1, 0.15) is 34.1 Å². The molecule has 15 heavy (non-hydrogen) atoms. The van der Waals surface area contributed by atoms with E-state index in [1.807, 2.05) is 13.8 Å². The van der Waals surface area contributed by atoms with Crippen molar-refractivity contribution in [3.05, 3.63) is 10.1 Å². The quantitative estimate of drug-likeness (QED) is 0.385. The lowest BCUT2D eigenvalue weighted by atomic mass is 10.1. The molecule has 88 valence electrons. The number of carbonyl (C=O) groups excluding carboxylic acids is 1. The first kappa shape index (κ1) is 13.7. The van der Waals surface area contributed by atoms with E-state index in [4.69, 9.17) is 4.74 Å². The summed E-state index contributed by atoms with van der Waals surface area (Å²) in [5, 5.41) is 9.04. The monoisotopic (exact) mass is 219 g/mol. The summed E-state index contributed by atoms with van der Waals surface area (Å²) in [6.07, 6.45) is -1.08. The lowest BCUT2D eigenvalue weighted by molar-refractivity contribution is -0.767. The Hall–Kier alpha value is -1.33. The van der Waals surface area contributed by atoms with Crippen LogP contribution >= 0.6 is 0 Å². The topological polar surface area (TPSA) is 78.7 Å². The third kappa shape index (κ3) is 6.70. The van der Waals surface area contributed by atoms with Gasteiger partial charge in [-0.1, -0.05) is 13.8 Å². The van der Waals surface area contributed by atoms with Crippen molar-refractivity contribution in [1.82, 2.24) is 0 Å². The number of ether oxygens (including phenoxy) is 1. The van der Waals surface area contributed by atoms with Crippen LogP contribution < -0.4 is 0 Å². The molecule has 0 N–H and O–H groups in total. The van der Waals surface area contributed by atoms with Gasteiger partial charge in [0.15, 0.2) is 0 Å². The number of hydrogen-bond acceptors (Lipinski definition) is 5. The Morgan fingerprint density at radius 3 is 2.27 bits per heavy atom. The van der Waals surface area contributed by atoms with Gasteiger partial charge >= 0.3 is 5.97 Å². The minimum Gasteiger partial charge on any atom is -0.462 e. The Morgan fingerprint density at radius 1 is 1.33 bits per heavy atom. The van der Waals surface area contributed by atoms with Gasteiger partial charge in [-0.2, -0.15) is 0 Å². The van der Waals surface area contributed by atoms with Crippen LogP contribution in [0.2, 0.25) is 0 Å². The molecule has 0 spiro atoms. The first-order valence-corrected chi connectivity index (χ1v) is 4.83. The summed E-state index contributed by atoms with van der Waals surface area (Å²) in [4.78, 5) is 25.4. The maximum Gasteiger partial charge on any atom is 0.308 e. The smallest absolute Gasteiger partial charge is 0.308 e.